The lowest BCUT2D eigenvalue weighted by atomic mass is 10.2. The predicted octanol–water partition coefficient (Wildman–Crippen LogP) is 2.37. The van der Waals surface area contributed by atoms with E-state index in [1.807, 2.05) is 0 Å². The van der Waals surface area contributed by atoms with Gasteiger partial charge in [0.25, 0.3) is 0 Å². The first-order valence-corrected chi connectivity index (χ1v) is 5.23. The van der Waals surface area contributed by atoms with E-state index < -0.39 is 0 Å². The molecular weight excluding hydrogens is 170 g/mol. The Morgan fingerprint density at radius 1 is 1.50 bits per heavy atom. The van der Waals surface area contributed by atoms with E-state index >= 15 is 0 Å². The second-order valence-electron chi connectivity index (χ2n) is 2.84. The van der Waals surface area contributed by atoms with Gasteiger partial charge in [-0.1, -0.05) is 19.8 Å². The Morgan fingerprint density at radius 3 is 2.92 bits per heavy atom. The molecule has 1 heterocycles. The normalized spacial score (nSPS) is 10.5. The van der Waals surface area contributed by atoms with E-state index in [4.69, 9.17) is 5.11 Å². The number of aromatic nitrogens is 1. The van der Waals surface area contributed by atoms with Crippen molar-refractivity contribution in [2.45, 2.75) is 39.2 Å². The molecule has 1 aromatic heterocycles. The van der Waals surface area contributed by atoms with Crippen LogP contribution >= 0.6 is 11.3 Å². The molecule has 0 aliphatic heterocycles. The minimum absolute atomic E-state index is 0.130. The van der Waals surface area contributed by atoms with E-state index in [-0.39, 0.29) is 6.61 Å². The van der Waals surface area contributed by atoms with Crippen LogP contribution in [0.2, 0.25) is 0 Å². The molecular formula is C9H15NOS. The lowest BCUT2D eigenvalue weighted by Crippen LogP contribution is -1.81. The van der Waals surface area contributed by atoms with Crippen LogP contribution in [0.1, 0.15) is 36.1 Å². The molecule has 0 unspecified atom stereocenters. The third-order valence-corrected chi connectivity index (χ3v) is 2.79. The van der Waals surface area contributed by atoms with Gasteiger partial charge in [-0.15, -0.1) is 11.3 Å². The van der Waals surface area contributed by atoms with Gasteiger partial charge < -0.3 is 5.11 Å². The Morgan fingerprint density at radius 2 is 2.33 bits per heavy atom. The van der Waals surface area contributed by atoms with Gasteiger partial charge in [0.05, 0.1) is 16.5 Å². The van der Waals surface area contributed by atoms with Crippen LogP contribution in [-0.4, -0.2) is 10.1 Å². The zero-order chi connectivity index (χ0) is 8.81. The molecule has 0 aliphatic carbocycles. The van der Waals surface area contributed by atoms with Crippen LogP contribution in [0.15, 0.2) is 6.20 Å². The Kier molecular flexibility index (Phi) is 4.25. The van der Waals surface area contributed by atoms with Crippen LogP contribution in [0.5, 0.6) is 0 Å². The van der Waals surface area contributed by atoms with Crippen LogP contribution in [0, 0.1) is 0 Å². The second kappa shape index (κ2) is 5.27. The Hall–Kier alpha value is -0.410. The second-order valence-corrected chi connectivity index (χ2v) is 4.04. The maximum atomic E-state index is 8.79. The highest BCUT2D eigenvalue weighted by Crippen LogP contribution is 2.15. The number of thiazole rings is 1. The van der Waals surface area contributed by atoms with Gasteiger partial charge in [-0.3, -0.25) is 0 Å². The van der Waals surface area contributed by atoms with Gasteiger partial charge in [-0.2, -0.15) is 0 Å². The molecule has 68 valence electrons. The molecule has 0 aromatic carbocycles. The summed E-state index contributed by atoms with van der Waals surface area (Å²) >= 11 is 1.62. The van der Waals surface area contributed by atoms with E-state index in [1.54, 1.807) is 17.5 Å². The van der Waals surface area contributed by atoms with Crippen molar-refractivity contribution in [3.05, 3.63) is 16.1 Å². The molecule has 0 saturated carbocycles. The van der Waals surface area contributed by atoms with Gasteiger partial charge in [0.1, 0.15) is 0 Å². The van der Waals surface area contributed by atoms with Crippen molar-refractivity contribution in [3.8, 4) is 0 Å². The average molecular weight is 185 g/mol. The first-order valence-electron chi connectivity index (χ1n) is 4.41. The van der Waals surface area contributed by atoms with Gasteiger partial charge >= 0.3 is 0 Å². The zero-order valence-electron chi connectivity index (χ0n) is 7.42. The van der Waals surface area contributed by atoms with Crippen molar-refractivity contribution in [1.29, 1.82) is 0 Å². The molecule has 2 nitrogen and oxygen atoms in total. The fraction of sp³-hybridized carbons (Fsp3) is 0.667. The lowest BCUT2D eigenvalue weighted by molar-refractivity contribution is 0.285. The van der Waals surface area contributed by atoms with Crippen molar-refractivity contribution in [3.63, 3.8) is 0 Å². The van der Waals surface area contributed by atoms with Crippen molar-refractivity contribution in [2.24, 2.45) is 0 Å². The molecule has 0 amide bonds. The topological polar surface area (TPSA) is 33.1 Å². The molecule has 0 aliphatic rings. The monoisotopic (exact) mass is 185 g/mol. The molecule has 1 rings (SSSR count). The zero-order valence-corrected chi connectivity index (χ0v) is 8.23. The van der Waals surface area contributed by atoms with Gasteiger partial charge in [-0.05, 0) is 12.8 Å². The van der Waals surface area contributed by atoms with E-state index in [9.17, 15) is 0 Å². The number of hydrogen-bond acceptors (Lipinski definition) is 3. The summed E-state index contributed by atoms with van der Waals surface area (Å²) in [7, 11) is 0. The molecule has 0 fully saturated rings. The number of unbranched alkanes of at least 4 members (excludes halogenated alkanes) is 2. The summed E-state index contributed by atoms with van der Waals surface area (Å²) in [5, 5.41) is 9.95. The minimum atomic E-state index is 0.130. The number of rotatable bonds is 5. The smallest absolute Gasteiger partial charge is 0.0928 e. The van der Waals surface area contributed by atoms with E-state index in [0.717, 1.165) is 16.3 Å². The van der Waals surface area contributed by atoms with Crippen molar-refractivity contribution in [1.82, 2.24) is 4.98 Å². The summed E-state index contributed by atoms with van der Waals surface area (Å²) in [4.78, 5) is 5.19. The van der Waals surface area contributed by atoms with Crippen LogP contribution < -0.4 is 0 Å². The molecule has 0 atom stereocenters. The third kappa shape index (κ3) is 2.91. The van der Waals surface area contributed by atoms with E-state index in [0.29, 0.717) is 0 Å². The highest BCUT2D eigenvalue weighted by Gasteiger charge is 1.99. The molecule has 3 heteroatoms. The van der Waals surface area contributed by atoms with Crippen LogP contribution in [0.25, 0.3) is 0 Å². The number of aliphatic hydroxyl groups excluding tert-OH is 1. The summed E-state index contributed by atoms with van der Waals surface area (Å²) in [6.45, 7) is 2.33. The van der Waals surface area contributed by atoms with Crippen LogP contribution in [-0.2, 0) is 13.0 Å². The number of hydrogen-bond donors (Lipinski definition) is 1. The summed E-state index contributed by atoms with van der Waals surface area (Å²) in [6.07, 6.45) is 6.58. The van der Waals surface area contributed by atoms with Gasteiger partial charge in [-0.25, -0.2) is 4.98 Å². The standard InChI is InChI=1S/C9H15NOS/c1-2-3-4-5-9-10-6-8(7-11)12-9/h6,11H,2-5,7H2,1H3. The van der Waals surface area contributed by atoms with Crippen molar-refractivity contribution >= 4 is 11.3 Å². The third-order valence-electron chi connectivity index (χ3n) is 1.75. The molecule has 0 spiro atoms. The highest BCUT2D eigenvalue weighted by molar-refractivity contribution is 7.11. The van der Waals surface area contributed by atoms with Gasteiger partial charge in [0.15, 0.2) is 0 Å². The summed E-state index contributed by atoms with van der Waals surface area (Å²) in [6, 6.07) is 0. The first kappa shape index (κ1) is 9.68. The van der Waals surface area contributed by atoms with Crippen molar-refractivity contribution in [2.75, 3.05) is 0 Å². The summed E-state index contributed by atoms with van der Waals surface area (Å²) < 4.78 is 0. The SMILES string of the molecule is CCCCCc1ncc(CO)s1. The first-order chi connectivity index (χ1) is 5.86. The fourth-order valence-electron chi connectivity index (χ4n) is 1.06. The Bertz CT molecular complexity index is 222. The number of nitrogens with zero attached hydrogens (tertiary/aromatic N) is 1. The number of aryl methyl sites for hydroxylation is 1. The maximum Gasteiger partial charge on any atom is 0.0928 e. The average Bonchev–Trinajstić information content (AvgIpc) is 2.53. The van der Waals surface area contributed by atoms with Crippen LogP contribution in [0.3, 0.4) is 0 Å². The Labute approximate surface area is 77.3 Å². The molecule has 12 heavy (non-hydrogen) atoms. The largest absolute Gasteiger partial charge is 0.391 e. The van der Waals surface area contributed by atoms with Gasteiger partial charge in [0.2, 0.25) is 0 Å². The molecule has 0 radical (unpaired) electrons. The van der Waals surface area contributed by atoms with E-state index in [1.165, 1.54) is 19.3 Å². The van der Waals surface area contributed by atoms with Crippen molar-refractivity contribution < 1.29 is 5.11 Å². The Balaban J connectivity index is 2.31. The minimum Gasteiger partial charge on any atom is -0.391 e. The lowest BCUT2D eigenvalue weighted by Gasteiger charge is -1.93. The number of aliphatic hydroxyl groups is 1. The summed E-state index contributed by atoms with van der Waals surface area (Å²) in [5.74, 6) is 0. The molecule has 0 bridgehead atoms. The molecule has 0 saturated heterocycles. The molecule has 1 aromatic rings. The quantitative estimate of drug-likeness (QED) is 0.714. The molecule has 1 N–H and O–H groups in total. The predicted molar refractivity (Wildman–Crippen MR) is 51.3 cm³/mol. The fourth-order valence-corrected chi connectivity index (χ4v) is 1.89. The van der Waals surface area contributed by atoms with Gasteiger partial charge in [0, 0.05) is 6.20 Å². The van der Waals surface area contributed by atoms with E-state index in [2.05, 4.69) is 11.9 Å². The summed E-state index contributed by atoms with van der Waals surface area (Å²) in [5.41, 5.74) is 0. The maximum absolute atomic E-state index is 8.79. The highest BCUT2D eigenvalue weighted by atomic mass is 32.1. The van der Waals surface area contributed by atoms with Crippen LogP contribution in [0.4, 0.5) is 0 Å².